The highest BCUT2D eigenvalue weighted by Crippen LogP contribution is 2.15. The number of aryl methyl sites for hydroxylation is 2. The first-order valence-corrected chi connectivity index (χ1v) is 6.73. The normalized spacial score (nSPS) is 11.5. The van der Waals surface area contributed by atoms with Crippen molar-refractivity contribution in [3.05, 3.63) is 41.3 Å². The number of aliphatic imine (C=N–C) groups is 1. The lowest BCUT2D eigenvalue weighted by Gasteiger charge is -2.06. The molecular weight excluding hydrogens is 268 g/mol. The lowest BCUT2D eigenvalue weighted by Crippen LogP contribution is -2.23. The molecule has 6 nitrogen and oxygen atoms in total. The summed E-state index contributed by atoms with van der Waals surface area (Å²) in [6.45, 7) is 4.41. The van der Waals surface area contributed by atoms with Gasteiger partial charge in [0.05, 0.1) is 12.8 Å². The van der Waals surface area contributed by atoms with E-state index in [9.17, 15) is 0 Å². The van der Waals surface area contributed by atoms with E-state index < -0.39 is 0 Å². The maximum Gasteiger partial charge on any atom is 0.193 e. The predicted octanol–water partition coefficient (Wildman–Crippen LogP) is 2.27. The number of anilines is 1. The fraction of sp³-hybridized carbons (Fsp3) is 0.333. The first-order valence-electron chi connectivity index (χ1n) is 6.73. The van der Waals surface area contributed by atoms with E-state index >= 15 is 0 Å². The molecule has 0 atom stereocenters. The molecule has 0 aliphatic rings. The van der Waals surface area contributed by atoms with Gasteiger partial charge in [-0.2, -0.15) is 0 Å². The molecule has 21 heavy (non-hydrogen) atoms. The number of hydrogen-bond donors (Lipinski definition) is 2. The number of aromatic nitrogens is 1. The summed E-state index contributed by atoms with van der Waals surface area (Å²) in [5.74, 6) is 2.02. The minimum absolute atomic E-state index is 0.381. The third-order valence-electron chi connectivity index (χ3n) is 3.19. The van der Waals surface area contributed by atoms with Crippen LogP contribution in [-0.4, -0.2) is 24.8 Å². The van der Waals surface area contributed by atoms with E-state index in [0.717, 1.165) is 34.9 Å². The summed E-state index contributed by atoms with van der Waals surface area (Å²) >= 11 is 0. The number of benzene rings is 1. The quantitative estimate of drug-likeness (QED) is 0.651. The highest BCUT2D eigenvalue weighted by Gasteiger charge is 2.07. The van der Waals surface area contributed by atoms with Crippen molar-refractivity contribution in [1.82, 2.24) is 5.16 Å². The Bertz CT molecular complexity index is 598. The molecule has 0 saturated heterocycles. The van der Waals surface area contributed by atoms with Crippen molar-refractivity contribution in [1.29, 1.82) is 0 Å². The van der Waals surface area contributed by atoms with E-state index in [2.05, 4.69) is 15.5 Å². The van der Waals surface area contributed by atoms with E-state index in [1.165, 1.54) is 0 Å². The molecular formula is C15H20N4O2. The van der Waals surface area contributed by atoms with E-state index in [4.69, 9.17) is 15.0 Å². The number of methoxy groups -OCH3 is 1. The molecule has 0 spiro atoms. The second kappa shape index (κ2) is 6.78. The largest absolute Gasteiger partial charge is 0.497 e. The predicted molar refractivity (Wildman–Crippen MR) is 82.8 cm³/mol. The third kappa shape index (κ3) is 3.98. The molecule has 1 heterocycles. The molecule has 1 aromatic carbocycles. The van der Waals surface area contributed by atoms with Gasteiger partial charge in [-0.3, -0.25) is 4.99 Å². The molecule has 3 N–H and O–H groups in total. The lowest BCUT2D eigenvalue weighted by molar-refractivity contribution is 0.392. The minimum atomic E-state index is 0.381. The van der Waals surface area contributed by atoms with E-state index in [-0.39, 0.29) is 0 Å². The zero-order chi connectivity index (χ0) is 15.2. The monoisotopic (exact) mass is 288 g/mol. The van der Waals surface area contributed by atoms with Crippen LogP contribution < -0.4 is 15.8 Å². The second-order valence-corrected chi connectivity index (χ2v) is 4.67. The lowest BCUT2D eigenvalue weighted by atomic mass is 10.1. The fourth-order valence-electron chi connectivity index (χ4n) is 2.01. The van der Waals surface area contributed by atoms with Crippen LogP contribution in [0.5, 0.6) is 5.75 Å². The molecule has 0 fully saturated rings. The average Bonchev–Trinajstić information content (AvgIpc) is 2.80. The number of nitrogens with two attached hydrogens (primary N) is 1. The van der Waals surface area contributed by atoms with Gasteiger partial charge in [-0.05, 0) is 44.5 Å². The van der Waals surface area contributed by atoms with Gasteiger partial charge in [-0.15, -0.1) is 0 Å². The number of guanidine groups is 1. The molecule has 1 aromatic heterocycles. The molecule has 2 rings (SSSR count). The Morgan fingerprint density at radius 1 is 1.33 bits per heavy atom. The molecule has 0 amide bonds. The average molecular weight is 288 g/mol. The number of nitrogens with zero attached hydrogens (tertiary/aromatic N) is 2. The Labute approximate surface area is 124 Å². The standard InChI is InChI=1S/C15H20N4O2/c1-10-14(11(2)21-19-10)8-9-17-15(16)18-12-4-6-13(20-3)7-5-12/h4-7H,8-9H2,1-3H3,(H3,16,17,18). The molecule has 0 unspecified atom stereocenters. The van der Waals surface area contributed by atoms with Crippen molar-refractivity contribution < 1.29 is 9.26 Å². The molecule has 0 aliphatic carbocycles. The number of rotatable bonds is 5. The molecule has 0 radical (unpaired) electrons. The minimum Gasteiger partial charge on any atom is -0.497 e. The van der Waals surface area contributed by atoms with Gasteiger partial charge in [0.1, 0.15) is 11.5 Å². The zero-order valence-electron chi connectivity index (χ0n) is 12.5. The van der Waals surface area contributed by atoms with E-state index in [1.807, 2.05) is 38.1 Å². The Morgan fingerprint density at radius 3 is 2.62 bits per heavy atom. The maximum atomic E-state index is 5.86. The summed E-state index contributed by atoms with van der Waals surface area (Å²) in [5, 5.41) is 6.95. The summed E-state index contributed by atoms with van der Waals surface area (Å²) in [4.78, 5) is 4.30. The Balaban J connectivity index is 1.89. The van der Waals surface area contributed by atoms with Crippen molar-refractivity contribution in [3.8, 4) is 5.75 Å². The Kier molecular flexibility index (Phi) is 4.81. The van der Waals surface area contributed by atoms with Gasteiger partial charge in [0.15, 0.2) is 5.96 Å². The summed E-state index contributed by atoms with van der Waals surface area (Å²) in [7, 11) is 1.63. The Morgan fingerprint density at radius 2 is 2.05 bits per heavy atom. The summed E-state index contributed by atoms with van der Waals surface area (Å²) < 4.78 is 10.2. The summed E-state index contributed by atoms with van der Waals surface area (Å²) in [5.41, 5.74) is 8.73. The van der Waals surface area contributed by atoms with Gasteiger partial charge < -0.3 is 20.3 Å². The number of ether oxygens (including phenoxy) is 1. The summed E-state index contributed by atoms with van der Waals surface area (Å²) in [6, 6.07) is 7.49. The maximum absolute atomic E-state index is 5.86. The first kappa shape index (κ1) is 14.9. The van der Waals surface area contributed by atoms with Crippen LogP contribution in [0.1, 0.15) is 17.0 Å². The topological polar surface area (TPSA) is 85.7 Å². The van der Waals surface area contributed by atoms with Crippen LogP contribution >= 0.6 is 0 Å². The van der Waals surface area contributed by atoms with E-state index in [0.29, 0.717) is 12.5 Å². The van der Waals surface area contributed by atoms with Crippen LogP contribution in [-0.2, 0) is 6.42 Å². The van der Waals surface area contributed by atoms with Crippen LogP contribution in [0, 0.1) is 13.8 Å². The number of nitrogens with one attached hydrogen (secondary N) is 1. The zero-order valence-corrected chi connectivity index (χ0v) is 12.5. The molecule has 0 bridgehead atoms. The van der Waals surface area contributed by atoms with Crippen molar-refractivity contribution in [2.45, 2.75) is 20.3 Å². The van der Waals surface area contributed by atoms with Crippen molar-refractivity contribution in [2.24, 2.45) is 10.7 Å². The van der Waals surface area contributed by atoms with Gasteiger partial charge in [0.2, 0.25) is 0 Å². The van der Waals surface area contributed by atoms with Crippen LogP contribution in [0.3, 0.4) is 0 Å². The number of hydrogen-bond acceptors (Lipinski definition) is 4. The van der Waals surface area contributed by atoms with Gasteiger partial charge >= 0.3 is 0 Å². The van der Waals surface area contributed by atoms with Gasteiger partial charge in [-0.1, -0.05) is 5.16 Å². The van der Waals surface area contributed by atoms with Crippen molar-refractivity contribution in [3.63, 3.8) is 0 Å². The SMILES string of the molecule is COc1ccc(NC(N)=NCCc2c(C)noc2C)cc1. The second-order valence-electron chi connectivity index (χ2n) is 4.67. The fourth-order valence-corrected chi connectivity index (χ4v) is 2.01. The van der Waals surface area contributed by atoms with Crippen molar-refractivity contribution >= 4 is 11.6 Å². The van der Waals surface area contributed by atoms with Gasteiger partial charge in [0, 0.05) is 17.8 Å². The molecule has 0 saturated carbocycles. The van der Waals surface area contributed by atoms with Gasteiger partial charge in [-0.25, -0.2) is 0 Å². The molecule has 2 aromatic rings. The van der Waals surface area contributed by atoms with Crippen LogP contribution in [0.2, 0.25) is 0 Å². The molecule has 0 aliphatic heterocycles. The van der Waals surface area contributed by atoms with Crippen LogP contribution in [0.15, 0.2) is 33.8 Å². The van der Waals surface area contributed by atoms with Gasteiger partial charge in [0.25, 0.3) is 0 Å². The van der Waals surface area contributed by atoms with Crippen molar-refractivity contribution in [2.75, 3.05) is 19.0 Å². The molecule has 6 heteroatoms. The Hall–Kier alpha value is -2.50. The highest BCUT2D eigenvalue weighted by atomic mass is 16.5. The summed E-state index contributed by atoms with van der Waals surface area (Å²) in [6.07, 6.45) is 0.756. The highest BCUT2D eigenvalue weighted by molar-refractivity contribution is 5.92. The van der Waals surface area contributed by atoms with Crippen LogP contribution in [0.25, 0.3) is 0 Å². The third-order valence-corrected chi connectivity index (χ3v) is 3.19. The van der Waals surface area contributed by atoms with E-state index in [1.54, 1.807) is 7.11 Å². The first-order chi connectivity index (χ1) is 10.1. The van der Waals surface area contributed by atoms with Crippen LogP contribution in [0.4, 0.5) is 5.69 Å². The molecule has 112 valence electrons. The smallest absolute Gasteiger partial charge is 0.193 e.